The first-order valence-corrected chi connectivity index (χ1v) is 12.2. The van der Waals surface area contributed by atoms with Crippen LogP contribution in [0.15, 0.2) is 55.1 Å². The van der Waals surface area contributed by atoms with E-state index in [0.29, 0.717) is 22.4 Å². The topological polar surface area (TPSA) is 145 Å². The van der Waals surface area contributed by atoms with Gasteiger partial charge in [0.25, 0.3) is 5.91 Å². The van der Waals surface area contributed by atoms with Gasteiger partial charge in [0.2, 0.25) is 11.8 Å². The third-order valence-electron chi connectivity index (χ3n) is 5.78. The third kappa shape index (κ3) is 6.47. The van der Waals surface area contributed by atoms with Gasteiger partial charge in [-0.1, -0.05) is 23.7 Å². The first kappa shape index (κ1) is 27.5. The monoisotopic (exact) mass is 553 g/mol. The van der Waals surface area contributed by atoms with Gasteiger partial charge in [-0.05, 0) is 38.1 Å². The van der Waals surface area contributed by atoms with Gasteiger partial charge in [0, 0.05) is 23.5 Å². The van der Waals surface area contributed by atoms with Gasteiger partial charge in [0.1, 0.15) is 24.4 Å². The second kappa shape index (κ2) is 11.9. The number of nitrogens with one attached hydrogen (secondary N) is 1. The van der Waals surface area contributed by atoms with E-state index in [1.807, 2.05) is 0 Å². The van der Waals surface area contributed by atoms with Crippen molar-refractivity contribution in [3.05, 3.63) is 77.2 Å². The molecule has 202 valence electrons. The molecule has 13 heteroatoms. The van der Waals surface area contributed by atoms with Crippen molar-refractivity contribution in [2.75, 3.05) is 6.54 Å². The molecule has 0 atom stereocenters. The minimum atomic E-state index is -0.778. The van der Waals surface area contributed by atoms with E-state index in [4.69, 9.17) is 22.1 Å². The highest BCUT2D eigenvalue weighted by Crippen LogP contribution is 2.27. The molecule has 3 amide bonds. The molecule has 4 aromatic rings. The van der Waals surface area contributed by atoms with E-state index in [1.54, 1.807) is 38.1 Å². The maximum atomic E-state index is 14.1. The second-order valence-corrected chi connectivity index (χ2v) is 9.24. The minimum absolute atomic E-state index is 0.0371. The summed E-state index contributed by atoms with van der Waals surface area (Å²) in [7, 11) is 0. The average molecular weight is 554 g/mol. The standard InChI is InChI=1S/C26H25ClFN7O4/c1-15(2)34(12-22(36)32-9-16-4-3-5-20(27)24(16)28)23(37)13-35-21-7-6-17(39-18-10-30-14-31-11-18)8-19(21)25(33-35)26(29)38/h3-8,10-11,14-15H,9,12-13H2,1-2H3,(H2,29,38)(H,32,36). The second-order valence-electron chi connectivity index (χ2n) is 8.83. The van der Waals surface area contributed by atoms with Crippen molar-refractivity contribution in [1.29, 1.82) is 0 Å². The molecule has 0 spiro atoms. The van der Waals surface area contributed by atoms with Crippen LogP contribution in [0, 0.1) is 5.82 Å². The van der Waals surface area contributed by atoms with Crippen LogP contribution in [-0.2, 0) is 22.7 Å². The number of halogens is 2. The number of hydrogen-bond acceptors (Lipinski definition) is 7. The summed E-state index contributed by atoms with van der Waals surface area (Å²) in [6, 6.07) is 9.04. The van der Waals surface area contributed by atoms with Gasteiger partial charge in [-0.15, -0.1) is 0 Å². The Bertz CT molecular complexity index is 1530. The maximum Gasteiger partial charge on any atom is 0.269 e. The van der Waals surface area contributed by atoms with Crippen molar-refractivity contribution in [2.45, 2.75) is 33.0 Å². The van der Waals surface area contributed by atoms with Gasteiger partial charge in [0.15, 0.2) is 11.4 Å². The normalized spacial score (nSPS) is 11.0. The van der Waals surface area contributed by atoms with Crippen molar-refractivity contribution < 1.29 is 23.5 Å². The summed E-state index contributed by atoms with van der Waals surface area (Å²) in [6.07, 6.45) is 4.33. The van der Waals surface area contributed by atoms with Crippen molar-refractivity contribution >= 4 is 40.2 Å². The highest BCUT2D eigenvalue weighted by molar-refractivity contribution is 6.30. The number of rotatable bonds is 10. The predicted molar refractivity (Wildman–Crippen MR) is 140 cm³/mol. The van der Waals surface area contributed by atoms with Crippen LogP contribution in [0.3, 0.4) is 0 Å². The summed E-state index contributed by atoms with van der Waals surface area (Å²) < 4.78 is 21.2. The van der Waals surface area contributed by atoms with Crippen LogP contribution in [-0.4, -0.2) is 55.0 Å². The zero-order valence-electron chi connectivity index (χ0n) is 21.1. The molecule has 3 N–H and O–H groups in total. The molecular formula is C26H25ClFN7O4. The van der Waals surface area contributed by atoms with Gasteiger partial charge in [-0.25, -0.2) is 14.4 Å². The summed E-state index contributed by atoms with van der Waals surface area (Å²) in [5.74, 6) is -1.51. The van der Waals surface area contributed by atoms with Gasteiger partial charge >= 0.3 is 0 Å². The van der Waals surface area contributed by atoms with Crippen molar-refractivity contribution in [3.8, 4) is 11.5 Å². The Morgan fingerprint density at radius 2 is 1.90 bits per heavy atom. The molecule has 0 saturated heterocycles. The van der Waals surface area contributed by atoms with Gasteiger partial charge in [-0.2, -0.15) is 5.10 Å². The molecule has 0 aliphatic heterocycles. The van der Waals surface area contributed by atoms with E-state index in [9.17, 15) is 18.8 Å². The van der Waals surface area contributed by atoms with E-state index in [-0.39, 0.29) is 42.0 Å². The van der Waals surface area contributed by atoms with E-state index in [0.717, 1.165) is 0 Å². The molecule has 0 saturated carbocycles. The number of carbonyl (C=O) groups is 3. The number of carbonyl (C=O) groups excluding carboxylic acids is 3. The van der Waals surface area contributed by atoms with Gasteiger partial charge in [-0.3, -0.25) is 19.1 Å². The summed E-state index contributed by atoms with van der Waals surface area (Å²) in [5, 5.41) is 7.20. The summed E-state index contributed by atoms with van der Waals surface area (Å²) in [5.41, 5.74) is 6.20. The summed E-state index contributed by atoms with van der Waals surface area (Å²) in [6.45, 7) is 2.91. The molecule has 11 nitrogen and oxygen atoms in total. The van der Waals surface area contributed by atoms with E-state index >= 15 is 0 Å². The molecule has 0 aliphatic carbocycles. The highest BCUT2D eigenvalue weighted by atomic mass is 35.5. The fourth-order valence-corrected chi connectivity index (χ4v) is 4.06. The van der Waals surface area contributed by atoms with Crippen LogP contribution in [0.2, 0.25) is 5.02 Å². The number of hydrogen-bond donors (Lipinski definition) is 2. The van der Waals surface area contributed by atoms with Gasteiger partial charge < -0.3 is 20.7 Å². The molecule has 0 unspecified atom stereocenters. The first-order valence-electron chi connectivity index (χ1n) is 11.9. The molecule has 0 aliphatic rings. The first-order chi connectivity index (χ1) is 18.6. The quantitative estimate of drug-likeness (QED) is 0.307. The Kier molecular flexibility index (Phi) is 8.35. The molecule has 0 bridgehead atoms. The SMILES string of the molecule is CC(C)N(CC(=O)NCc1cccc(Cl)c1F)C(=O)Cn1nc(C(N)=O)c2cc(Oc3cncnc3)ccc21. The zero-order valence-corrected chi connectivity index (χ0v) is 21.9. The largest absolute Gasteiger partial charge is 0.454 e. The fourth-order valence-electron chi connectivity index (χ4n) is 3.87. The van der Waals surface area contributed by atoms with Crippen LogP contribution in [0.1, 0.15) is 29.9 Å². The molecule has 4 rings (SSSR count). The average Bonchev–Trinajstić information content (AvgIpc) is 3.26. The lowest BCUT2D eigenvalue weighted by Crippen LogP contribution is -2.45. The third-order valence-corrected chi connectivity index (χ3v) is 6.07. The number of primary amides is 1. The maximum absolute atomic E-state index is 14.1. The summed E-state index contributed by atoms with van der Waals surface area (Å²) in [4.78, 5) is 47.1. The lowest BCUT2D eigenvalue weighted by atomic mass is 10.2. The predicted octanol–water partition coefficient (Wildman–Crippen LogP) is 3.06. The molecule has 2 heterocycles. The van der Waals surface area contributed by atoms with Gasteiger partial charge in [0.05, 0.1) is 29.5 Å². The number of amides is 3. The number of nitrogens with two attached hydrogens (primary N) is 1. The van der Waals surface area contributed by atoms with Crippen LogP contribution in [0.5, 0.6) is 11.5 Å². The smallest absolute Gasteiger partial charge is 0.269 e. The minimum Gasteiger partial charge on any atom is -0.454 e. The van der Waals surface area contributed by atoms with Crippen molar-refractivity contribution in [3.63, 3.8) is 0 Å². The molecule has 2 aromatic carbocycles. The molecule has 0 radical (unpaired) electrons. The number of benzene rings is 2. The van der Waals surface area contributed by atoms with E-state index < -0.39 is 23.5 Å². The van der Waals surface area contributed by atoms with Crippen LogP contribution < -0.4 is 15.8 Å². The number of aromatic nitrogens is 4. The van der Waals surface area contributed by atoms with Crippen LogP contribution in [0.4, 0.5) is 4.39 Å². The van der Waals surface area contributed by atoms with Crippen LogP contribution >= 0.6 is 11.6 Å². The Balaban J connectivity index is 1.50. The molecule has 39 heavy (non-hydrogen) atoms. The lowest BCUT2D eigenvalue weighted by molar-refractivity contribution is -0.138. The zero-order chi connectivity index (χ0) is 28.1. The molecule has 0 fully saturated rings. The Morgan fingerprint density at radius 1 is 1.15 bits per heavy atom. The van der Waals surface area contributed by atoms with Crippen LogP contribution in [0.25, 0.3) is 10.9 Å². The number of ether oxygens (including phenoxy) is 1. The number of fused-ring (bicyclic) bond motifs is 1. The van der Waals surface area contributed by atoms with E-state index in [1.165, 1.54) is 40.4 Å². The van der Waals surface area contributed by atoms with E-state index in [2.05, 4.69) is 20.4 Å². The molecular weight excluding hydrogens is 529 g/mol. The van der Waals surface area contributed by atoms with Crippen molar-refractivity contribution in [2.24, 2.45) is 5.73 Å². The Labute approximate surface area is 227 Å². The summed E-state index contributed by atoms with van der Waals surface area (Å²) >= 11 is 5.79. The molecule has 2 aromatic heterocycles. The van der Waals surface area contributed by atoms with Crippen molar-refractivity contribution in [1.82, 2.24) is 30.0 Å². The Hall–Kier alpha value is -4.58. The fraction of sp³-hybridized carbons (Fsp3) is 0.231. The Morgan fingerprint density at radius 3 is 2.59 bits per heavy atom. The lowest BCUT2D eigenvalue weighted by Gasteiger charge is -2.26. The highest BCUT2D eigenvalue weighted by Gasteiger charge is 2.24. The number of nitrogens with zero attached hydrogens (tertiary/aromatic N) is 5.